The fraction of sp³-hybridized carbons (Fsp3) is 0.643. The Balaban J connectivity index is 2.24. The molecule has 0 N–H and O–H groups in total. The molecular formula is C14H22N4O2. The molecule has 1 aliphatic heterocycles. The topological polar surface area (TPSA) is 58.6 Å². The van der Waals surface area contributed by atoms with Gasteiger partial charge < -0.3 is 14.5 Å². The van der Waals surface area contributed by atoms with Gasteiger partial charge in [0.1, 0.15) is 0 Å². The van der Waals surface area contributed by atoms with Crippen LogP contribution < -0.4 is 4.90 Å². The summed E-state index contributed by atoms with van der Waals surface area (Å²) in [5.41, 5.74) is 1.02. The van der Waals surface area contributed by atoms with Crippen molar-refractivity contribution in [2.75, 3.05) is 38.7 Å². The number of likely N-dealkylation sites (N-methyl/N-ethyl adjacent to an activating group) is 1. The molecule has 1 unspecified atom stereocenters. The van der Waals surface area contributed by atoms with Crippen LogP contribution in [0.1, 0.15) is 18.3 Å². The van der Waals surface area contributed by atoms with Gasteiger partial charge in [-0.1, -0.05) is 0 Å². The quantitative estimate of drug-likeness (QED) is 0.800. The van der Waals surface area contributed by atoms with Gasteiger partial charge in [-0.3, -0.25) is 4.79 Å². The number of carbonyl (C=O) groups excluding carboxylic acids is 1. The number of aromatic nitrogens is 2. The van der Waals surface area contributed by atoms with Crippen molar-refractivity contribution >= 4 is 11.9 Å². The molecule has 0 saturated carbocycles. The molecule has 0 spiro atoms. The third-order valence-corrected chi connectivity index (χ3v) is 3.39. The largest absolute Gasteiger partial charge is 0.362 e. The van der Waals surface area contributed by atoms with Crippen molar-refractivity contribution in [2.24, 2.45) is 0 Å². The zero-order chi connectivity index (χ0) is 14.9. The molecule has 110 valence electrons. The minimum atomic E-state index is -0.844. The van der Waals surface area contributed by atoms with Crippen LogP contribution in [0.5, 0.6) is 0 Å². The van der Waals surface area contributed by atoms with Crippen LogP contribution >= 0.6 is 0 Å². The predicted molar refractivity (Wildman–Crippen MR) is 76.8 cm³/mol. The Labute approximate surface area is 119 Å². The van der Waals surface area contributed by atoms with E-state index in [1.165, 1.54) is 0 Å². The number of nitrogens with zero attached hydrogens (tertiary/aromatic N) is 4. The summed E-state index contributed by atoms with van der Waals surface area (Å²) >= 11 is 0. The molecule has 6 heteroatoms. The van der Waals surface area contributed by atoms with Crippen LogP contribution in [0.25, 0.3) is 0 Å². The summed E-state index contributed by atoms with van der Waals surface area (Å²) < 4.78 is 5.71. The fourth-order valence-electron chi connectivity index (χ4n) is 2.49. The van der Waals surface area contributed by atoms with Gasteiger partial charge in [-0.05, 0) is 26.8 Å². The highest BCUT2D eigenvalue weighted by Crippen LogP contribution is 2.23. The van der Waals surface area contributed by atoms with Gasteiger partial charge in [0.15, 0.2) is 5.60 Å². The van der Waals surface area contributed by atoms with Crippen molar-refractivity contribution in [2.45, 2.75) is 26.4 Å². The molecule has 1 amide bonds. The van der Waals surface area contributed by atoms with Gasteiger partial charge in [0.25, 0.3) is 5.91 Å². The summed E-state index contributed by atoms with van der Waals surface area (Å²) in [6.45, 7) is 7.37. The third-order valence-electron chi connectivity index (χ3n) is 3.39. The van der Waals surface area contributed by atoms with E-state index in [0.717, 1.165) is 11.4 Å². The first kappa shape index (κ1) is 14.7. The molecule has 1 aliphatic rings. The SMILES string of the molecule is Cc1cc(C)nc(N2CCOC(C)(C(=O)N(C)C)C2)n1. The smallest absolute Gasteiger partial charge is 0.255 e. The summed E-state index contributed by atoms with van der Waals surface area (Å²) in [5, 5.41) is 0. The first-order chi connectivity index (χ1) is 9.32. The summed E-state index contributed by atoms with van der Waals surface area (Å²) in [6, 6.07) is 1.94. The summed E-state index contributed by atoms with van der Waals surface area (Å²) in [6.07, 6.45) is 0. The van der Waals surface area contributed by atoms with Crippen LogP contribution in [0.4, 0.5) is 5.95 Å². The van der Waals surface area contributed by atoms with Crippen molar-refractivity contribution in [3.8, 4) is 0 Å². The molecule has 0 aromatic carbocycles. The van der Waals surface area contributed by atoms with Crippen molar-refractivity contribution in [3.63, 3.8) is 0 Å². The van der Waals surface area contributed by atoms with Crippen molar-refractivity contribution in [1.29, 1.82) is 0 Å². The molecule has 0 bridgehead atoms. The van der Waals surface area contributed by atoms with Gasteiger partial charge in [0, 0.05) is 32.0 Å². The van der Waals surface area contributed by atoms with Crippen LogP contribution in [0, 0.1) is 13.8 Å². The summed E-state index contributed by atoms with van der Waals surface area (Å²) in [7, 11) is 3.48. The summed E-state index contributed by atoms with van der Waals surface area (Å²) in [4.78, 5) is 24.8. The van der Waals surface area contributed by atoms with Crippen molar-refractivity contribution in [3.05, 3.63) is 17.5 Å². The molecule has 0 aliphatic carbocycles. The Hall–Kier alpha value is -1.69. The van der Waals surface area contributed by atoms with Gasteiger partial charge in [0.05, 0.1) is 13.2 Å². The maximum Gasteiger partial charge on any atom is 0.255 e. The Morgan fingerprint density at radius 3 is 2.50 bits per heavy atom. The van der Waals surface area contributed by atoms with Gasteiger partial charge in [-0.15, -0.1) is 0 Å². The molecule has 1 saturated heterocycles. The molecule has 1 aromatic rings. The predicted octanol–water partition coefficient (Wildman–Crippen LogP) is 0.777. The third kappa shape index (κ3) is 2.90. The highest BCUT2D eigenvalue weighted by atomic mass is 16.5. The van der Waals surface area contributed by atoms with E-state index in [1.54, 1.807) is 19.0 Å². The second kappa shape index (κ2) is 5.36. The highest BCUT2D eigenvalue weighted by Gasteiger charge is 2.41. The molecule has 1 aromatic heterocycles. The lowest BCUT2D eigenvalue weighted by Crippen LogP contribution is -2.58. The standard InChI is InChI=1S/C14H22N4O2/c1-10-8-11(2)16-13(15-10)18-6-7-20-14(3,9-18)12(19)17(4)5/h8H,6-7,9H2,1-5H3. The fourth-order valence-corrected chi connectivity index (χ4v) is 2.49. The number of hydrogen-bond donors (Lipinski definition) is 0. The average Bonchev–Trinajstić information content (AvgIpc) is 2.36. The number of hydrogen-bond acceptors (Lipinski definition) is 5. The minimum Gasteiger partial charge on any atom is -0.362 e. The lowest BCUT2D eigenvalue weighted by molar-refractivity contribution is -0.155. The number of aryl methyl sites for hydroxylation is 2. The first-order valence-corrected chi connectivity index (χ1v) is 6.75. The molecular weight excluding hydrogens is 256 g/mol. The summed E-state index contributed by atoms with van der Waals surface area (Å²) in [5.74, 6) is 0.634. The van der Waals surface area contributed by atoms with Gasteiger partial charge in [-0.2, -0.15) is 0 Å². The monoisotopic (exact) mass is 278 g/mol. The van der Waals surface area contributed by atoms with Gasteiger partial charge in [0.2, 0.25) is 5.95 Å². The van der Waals surface area contributed by atoms with E-state index >= 15 is 0 Å². The second-order valence-electron chi connectivity index (χ2n) is 5.65. The van der Waals surface area contributed by atoms with E-state index in [2.05, 4.69) is 9.97 Å². The van der Waals surface area contributed by atoms with Crippen LogP contribution in [0.3, 0.4) is 0 Å². The maximum absolute atomic E-state index is 12.3. The molecule has 1 fully saturated rings. The number of morpholine rings is 1. The van der Waals surface area contributed by atoms with E-state index in [-0.39, 0.29) is 5.91 Å². The van der Waals surface area contributed by atoms with Gasteiger partial charge in [-0.25, -0.2) is 9.97 Å². The molecule has 0 radical (unpaired) electrons. The molecule has 6 nitrogen and oxygen atoms in total. The lowest BCUT2D eigenvalue weighted by atomic mass is 10.0. The highest BCUT2D eigenvalue weighted by molar-refractivity contribution is 5.85. The Morgan fingerprint density at radius 1 is 1.35 bits per heavy atom. The van der Waals surface area contributed by atoms with Crippen molar-refractivity contribution in [1.82, 2.24) is 14.9 Å². The zero-order valence-electron chi connectivity index (χ0n) is 12.8. The molecule has 1 atom stereocenters. The average molecular weight is 278 g/mol. The second-order valence-corrected chi connectivity index (χ2v) is 5.65. The Bertz CT molecular complexity index is 498. The van der Waals surface area contributed by atoms with Crippen LogP contribution in [0.15, 0.2) is 6.07 Å². The minimum absolute atomic E-state index is 0.0356. The first-order valence-electron chi connectivity index (χ1n) is 6.75. The number of anilines is 1. The number of amides is 1. The lowest BCUT2D eigenvalue weighted by Gasteiger charge is -2.40. The van der Waals surface area contributed by atoms with Crippen molar-refractivity contribution < 1.29 is 9.53 Å². The maximum atomic E-state index is 12.3. The van der Waals surface area contributed by atoms with Crippen LogP contribution in [-0.2, 0) is 9.53 Å². The van der Waals surface area contributed by atoms with Gasteiger partial charge >= 0.3 is 0 Å². The van der Waals surface area contributed by atoms with E-state index < -0.39 is 5.60 Å². The Kier molecular flexibility index (Phi) is 3.94. The Morgan fingerprint density at radius 2 is 1.95 bits per heavy atom. The van der Waals surface area contributed by atoms with E-state index in [4.69, 9.17) is 4.74 Å². The molecule has 20 heavy (non-hydrogen) atoms. The normalized spacial score (nSPS) is 22.8. The van der Waals surface area contributed by atoms with Crippen LogP contribution in [-0.4, -0.2) is 60.2 Å². The van der Waals surface area contributed by atoms with E-state index in [0.29, 0.717) is 25.6 Å². The van der Waals surface area contributed by atoms with Crippen LogP contribution in [0.2, 0.25) is 0 Å². The van der Waals surface area contributed by atoms with E-state index in [9.17, 15) is 4.79 Å². The van der Waals surface area contributed by atoms with E-state index in [1.807, 2.05) is 31.7 Å². The number of rotatable bonds is 2. The zero-order valence-corrected chi connectivity index (χ0v) is 12.8. The molecule has 2 heterocycles. The number of ether oxygens (including phenoxy) is 1. The number of carbonyl (C=O) groups is 1. The molecule has 2 rings (SSSR count).